The molecule has 5 aliphatic rings. The maximum atomic E-state index is 3.90. The molecule has 0 nitrogen and oxygen atoms in total. The van der Waals surface area contributed by atoms with Crippen LogP contribution in [-0.4, -0.2) is 10.7 Å². The number of hydrogen-bond acceptors (Lipinski definition) is 0. The van der Waals surface area contributed by atoms with E-state index in [0.717, 1.165) is 40.9 Å². The number of hydrogen-bond donors (Lipinski definition) is 0. The summed E-state index contributed by atoms with van der Waals surface area (Å²) in [6.07, 6.45) is 10.7. The van der Waals surface area contributed by atoms with Gasteiger partial charge in [-0.2, -0.15) is 0 Å². The minimum Gasteiger partial charge on any atom is -0.0925 e. The van der Waals surface area contributed by atoms with Crippen LogP contribution in [0.25, 0.3) is 0 Å². The van der Waals surface area contributed by atoms with Crippen molar-refractivity contribution in [2.45, 2.75) is 44.9 Å². The Morgan fingerprint density at radius 3 is 1.80 bits per heavy atom. The van der Waals surface area contributed by atoms with Gasteiger partial charge in [0, 0.05) is 10.7 Å². The minimum absolute atomic E-state index is 0.725. The topological polar surface area (TPSA) is 0 Å². The van der Waals surface area contributed by atoms with Gasteiger partial charge in [0.05, 0.1) is 0 Å². The Morgan fingerprint density at radius 2 is 1.35 bits per heavy atom. The lowest BCUT2D eigenvalue weighted by atomic mass is 9.69. The van der Waals surface area contributed by atoms with E-state index in [0.29, 0.717) is 0 Å². The predicted octanol–water partition coefficient (Wildman–Crippen LogP) is 5.56. The molecule has 5 rings (SSSR count). The van der Waals surface area contributed by atoms with Gasteiger partial charge in [-0.3, -0.25) is 0 Å². The van der Waals surface area contributed by atoms with Crippen LogP contribution in [0.1, 0.15) is 44.9 Å². The van der Waals surface area contributed by atoms with Crippen LogP contribution in [0.5, 0.6) is 0 Å². The largest absolute Gasteiger partial charge is 0.0925 e. The second-order valence-corrected chi connectivity index (χ2v) is 9.44. The Morgan fingerprint density at radius 1 is 0.850 bits per heavy atom. The molecule has 1 spiro atoms. The highest BCUT2D eigenvalue weighted by Gasteiger charge is 2.69. The van der Waals surface area contributed by atoms with Crippen molar-refractivity contribution in [3.63, 3.8) is 0 Å². The van der Waals surface area contributed by atoms with Gasteiger partial charge in [-0.15, -0.1) is 0 Å². The number of alkyl halides is 2. The van der Waals surface area contributed by atoms with Gasteiger partial charge in [0.1, 0.15) is 0 Å². The van der Waals surface area contributed by atoms with Crippen LogP contribution < -0.4 is 0 Å². The van der Waals surface area contributed by atoms with Crippen LogP contribution in [0.4, 0.5) is 0 Å². The zero-order chi connectivity index (χ0) is 13.5. The number of rotatable bonds is 2. The van der Waals surface area contributed by atoms with Crippen molar-refractivity contribution in [2.75, 3.05) is 10.7 Å². The summed E-state index contributed by atoms with van der Waals surface area (Å²) in [4.78, 5) is 0. The minimum atomic E-state index is 0.725. The van der Waals surface area contributed by atoms with E-state index < -0.39 is 0 Å². The predicted molar refractivity (Wildman–Crippen MR) is 90.3 cm³/mol. The Balaban J connectivity index is 1.67. The van der Waals surface area contributed by atoms with E-state index >= 15 is 0 Å². The lowest BCUT2D eigenvalue weighted by molar-refractivity contribution is 0.181. The van der Waals surface area contributed by atoms with Crippen molar-refractivity contribution in [3.8, 4) is 0 Å². The van der Waals surface area contributed by atoms with Crippen LogP contribution >= 0.6 is 31.9 Å². The van der Waals surface area contributed by atoms with Gasteiger partial charge in [0.2, 0.25) is 0 Å². The molecular weight excluding hydrogens is 376 g/mol. The van der Waals surface area contributed by atoms with Crippen molar-refractivity contribution < 1.29 is 0 Å². The molecule has 0 radical (unpaired) electrons. The van der Waals surface area contributed by atoms with E-state index in [-0.39, 0.29) is 0 Å². The molecule has 6 unspecified atom stereocenters. The summed E-state index contributed by atoms with van der Waals surface area (Å²) in [5, 5.41) is 2.47. The summed E-state index contributed by atoms with van der Waals surface area (Å²) in [6.45, 7) is 0. The molecule has 6 atom stereocenters. The second kappa shape index (κ2) is 4.37. The van der Waals surface area contributed by atoms with E-state index in [4.69, 9.17) is 0 Å². The lowest BCUT2D eigenvalue weighted by Crippen LogP contribution is -2.29. The van der Waals surface area contributed by atoms with E-state index in [1.54, 1.807) is 12.8 Å². The smallest absolute Gasteiger partial charge is 0.00687 e. The molecule has 4 bridgehead atoms. The van der Waals surface area contributed by atoms with E-state index in [9.17, 15) is 0 Å². The zero-order valence-corrected chi connectivity index (χ0v) is 15.3. The highest BCUT2D eigenvalue weighted by atomic mass is 79.9. The number of halogens is 2. The van der Waals surface area contributed by atoms with Crippen LogP contribution in [-0.2, 0) is 0 Å². The molecule has 3 saturated carbocycles. The average molecular weight is 400 g/mol. The van der Waals surface area contributed by atoms with Gasteiger partial charge < -0.3 is 0 Å². The SMILES string of the molecule is BrCC1C(CBr)C2C3=C(C4CCC3C4)C1C21CCCC1. The fourth-order valence-corrected chi connectivity index (χ4v) is 9.28. The van der Waals surface area contributed by atoms with Crippen LogP contribution in [0.3, 0.4) is 0 Å². The normalized spacial score (nSPS) is 50.7. The number of fused-ring (bicyclic) bond motifs is 6. The Labute approximate surface area is 139 Å². The first kappa shape index (κ1) is 13.2. The van der Waals surface area contributed by atoms with Gasteiger partial charge >= 0.3 is 0 Å². The van der Waals surface area contributed by atoms with Crippen molar-refractivity contribution >= 4 is 31.9 Å². The van der Waals surface area contributed by atoms with E-state index in [1.165, 1.54) is 42.8 Å². The molecule has 3 fully saturated rings. The summed E-state index contributed by atoms with van der Waals surface area (Å²) in [5.41, 5.74) is 4.80. The van der Waals surface area contributed by atoms with Gasteiger partial charge in [-0.1, -0.05) is 55.8 Å². The second-order valence-electron chi connectivity index (χ2n) is 8.15. The van der Waals surface area contributed by atoms with E-state index in [2.05, 4.69) is 31.9 Å². The van der Waals surface area contributed by atoms with Crippen molar-refractivity contribution in [1.29, 1.82) is 0 Å². The third-order valence-corrected chi connectivity index (χ3v) is 9.35. The van der Waals surface area contributed by atoms with Crippen molar-refractivity contribution in [3.05, 3.63) is 11.1 Å². The van der Waals surface area contributed by atoms with Crippen LogP contribution in [0, 0.1) is 40.9 Å². The molecule has 0 amide bonds. The van der Waals surface area contributed by atoms with E-state index in [1.807, 2.05) is 11.1 Å². The molecule has 0 aromatic carbocycles. The summed E-state index contributed by atoms with van der Waals surface area (Å²) >= 11 is 7.79. The summed E-state index contributed by atoms with van der Waals surface area (Å²) in [6, 6.07) is 0. The Bertz CT molecular complexity index is 438. The third-order valence-electron chi connectivity index (χ3n) is 7.85. The van der Waals surface area contributed by atoms with Crippen LogP contribution in [0.2, 0.25) is 0 Å². The first-order valence-electron chi connectivity index (χ1n) is 8.67. The van der Waals surface area contributed by atoms with Gasteiger partial charge in [-0.25, -0.2) is 0 Å². The Kier molecular flexibility index (Phi) is 2.88. The molecule has 0 heterocycles. The third kappa shape index (κ3) is 1.32. The first-order chi connectivity index (χ1) is 9.81. The fourth-order valence-electron chi connectivity index (χ4n) is 7.57. The number of allylic oxidation sites excluding steroid dienone is 2. The molecule has 0 saturated heterocycles. The molecular formula is C18H24Br2. The molecule has 5 aliphatic carbocycles. The Hall–Kier alpha value is 0.700. The molecule has 20 heavy (non-hydrogen) atoms. The first-order valence-corrected chi connectivity index (χ1v) is 10.9. The molecule has 0 aromatic rings. The molecule has 2 heteroatoms. The summed E-state index contributed by atoms with van der Waals surface area (Å²) in [5.74, 6) is 5.83. The molecule has 0 aliphatic heterocycles. The van der Waals surface area contributed by atoms with Gasteiger partial charge in [0.15, 0.2) is 0 Å². The maximum Gasteiger partial charge on any atom is 0.00687 e. The average Bonchev–Trinajstić information content (AvgIpc) is 3.24. The maximum absolute atomic E-state index is 3.90. The fraction of sp³-hybridized carbons (Fsp3) is 0.889. The summed E-state index contributed by atoms with van der Waals surface area (Å²) in [7, 11) is 0. The molecule has 0 N–H and O–H groups in total. The van der Waals surface area contributed by atoms with Gasteiger partial charge in [-0.05, 0) is 73.0 Å². The molecule has 0 aromatic heterocycles. The zero-order valence-electron chi connectivity index (χ0n) is 12.1. The standard InChI is InChI=1S/C18H24Br2/c19-8-12-13(9-20)17-15-11-4-3-10(7-11)14(15)16(12)18(17)5-1-2-6-18/h10-13,16-17H,1-9H2. The van der Waals surface area contributed by atoms with Crippen LogP contribution in [0.15, 0.2) is 11.1 Å². The van der Waals surface area contributed by atoms with Gasteiger partial charge in [0.25, 0.3) is 0 Å². The molecule has 110 valence electrons. The lowest BCUT2D eigenvalue weighted by Gasteiger charge is -2.34. The van der Waals surface area contributed by atoms with Crippen molar-refractivity contribution in [2.24, 2.45) is 40.9 Å². The highest BCUT2D eigenvalue weighted by molar-refractivity contribution is 9.09. The van der Waals surface area contributed by atoms with Crippen molar-refractivity contribution in [1.82, 2.24) is 0 Å². The quantitative estimate of drug-likeness (QED) is 0.421. The summed E-state index contributed by atoms with van der Waals surface area (Å²) < 4.78 is 0. The highest BCUT2D eigenvalue weighted by Crippen LogP contribution is 2.77. The monoisotopic (exact) mass is 398 g/mol.